The number of carbonyl (C=O) groups excluding carboxylic acids is 1. The molecule has 130 valence electrons. The quantitative estimate of drug-likeness (QED) is 0.672. The maximum Gasteiger partial charge on any atom is 0.251 e. The topological polar surface area (TPSA) is 64.9 Å². The maximum atomic E-state index is 12.1. The Bertz CT molecular complexity index is 873. The molecule has 2 heterocycles. The van der Waals surface area contributed by atoms with E-state index >= 15 is 0 Å². The Balaban J connectivity index is 1.64. The number of rotatable bonds is 7. The molecule has 0 fully saturated rings. The monoisotopic (exact) mass is 339 g/mol. The molecular formula is C19H21N3O3. The second kappa shape index (κ2) is 7.81. The van der Waals surface area contributed by atoms with Crippen molar-refractivity contribution in [1.29, 1.82) is 0 Å². The number of imidazole rings is 1. The first-order valence-corrected chi connectivity index (χ1v) is 8.10. The van der Waals surface area contributed by atoms with Gasteiger partial charge in [0.05, 0.1) is 12.3 Å². The fourth-order valence-corrected chi connectivity index (χ4v) is 2.48. The van der Waals surface area contributed by atoms with Crippen molar-refractivity contribution in [1.82, 2.24) is 14.7 Å². The van der Waals surface area contributed by atoms with Gasteiger partial charge in [-0.05, 0) is 36.8 Å². The first-order valence-electron chi connectivity index (χ1n) is 8.10. The normalized spacial score (nSPS) is 10.8. The van der Waals surface area contributed by atoms with Crippen molar-refractivity contribution in [3.63, 3.8) is 0 Å². The van der Waals surface area contributed by atoms with Crippen LogP contribution in [-0.2, 0) is 11.3 Å². The van der Waals surface area contributed by atoms with Crippen LogP contribution < -0.4 is 10.1 Å². The van der Waals surface area contributed by atoms with Crippen LogP contribution >= 0.6 is 0 Å². The molecule has 0 spiro atoms. The van der Waals surface area contributed by atoms with Gasteiger partial charge in [-0.2, -0.15) is 0 Å². The summed E-state index contributed by atoms with van der Waals surface area (Å²) < 4.78 is 12.7. The highest BCUT2D eigenvalue weighted by atomic mass is 16.5. The third-order valence-electron chi connectivity index (χ3n) is 3.72. The molecule has 0 radical (unpaired) electrons. The molecule has 0 aliphatic heterocycles. The number of fused-ring (bicyclic) bond motifs is 1. The van der Waals surface area contributed by atoms with Crippen LogP contribution in [0.2, 0.25) is 0 Å². The van der Waals surface area contributed by atoms with E-state index in [0.717, 1.165) is 11.3 Å². The number of hydrogen-bond donors (Lipinski definition) is 1. The van der Waals surface area contributed by atoms with Crippen molar-refractivity contribution < 1.29 is 14.3 Å². The number of methoxy groups -OCH3 is 1. The van der Waals surface area contributed by atoms with Crippen LogP contribution in [0.25, 0.3) is 5.65 Å². The number of nitrogens with one attached hydrogen (secondary N) is 1. The molecule has 0 bridgehead atoms. The number of amides is 1. The molecule has 3 rings (SSSR count). The van der Waals surface area contributed by atoms with Gasteiger partial charge in [0.2, 0.25) is 0 Å². The third kappa shape index (κ3) is 4.36. The van der Waals surface area contributed by atoms with Gasteiger partial charge >= 0.3 is 0 Å². The zero-order valence-corrected chi connectivity index (χ0v) is 14.4. The molecule has 0 atom stereocenters. The number of carbonyl (C=O) groups is 1. The number of ether oxygens (including phenoxy) is 2. The van der Waals surface area contributed by atoms with Crippen molar-refractivity contribution in [2.24, 2.45) is 0 Å². The van der Waals surface area contributed by atoms with Crippen molar-refractivity contribution in [2.45, 2.75) is 13.5 Å². The predicted molar refractivity (Wildman–Crippen MR) is 94.9 cm³/mol. The Labute approximate surface area is 146 Å². The molecule has 0 saturated heterocycles. The van der Waals surface area contributed by atoms with Crippen molar-refractivity contribution >= 4 is 11.6 Å². The second-order valence-electron chi connectivity index (χ2n) is 5.77. The highest BCUT2D eigenvalue weighted by Gasteiger charge is 2.07. The molecule has 0 unspecified atom stereocenters. The summed E-state index contributed by atoms with van der Waals surface area (Å²) in [5.74, 6) is 0.485. The molecular weight excluding hydrogens is 318 g/mol. The smallest absolute Gasteiger partial charge is 0.251 e. The summed E-state index contributed by atoms with van der Waals surface area (Å²) in [6.07, 6.45) is 3.97. The van der Waals surface area contributed by atoms with Gasteiger partial charge in [0.25, 0.3) is 5.91 Å². The van der Waals surface area contributed by atoms with E-state index in [1.807, 2.05) is 41.9 Å². The summed E-state index contributed by atoms with van der Waals surface area (Å²) in [4.78, 5) is 16.6. The SMILES string of the molecule is COCCNC(=O)c1cccc(OCc2cn3cc(C)ccc3n2)c1. The Morgan fingerprint density at radius 3 is 2.96 bits per heavy atom. The molecule has 0 saturated carbocycles. The van der Waals surface area contributed by atoms with Crippen LogP contribution in [0.1, 0.15) is 21.6 Å². The average molecular weight is 339 g/mol. The molecule has 2 aromatic heterocycles. The van der Waals surface area contributed by atoms with E-state index < -0.39 is 0 Å². The summed E-state index contributed by atoms with van der Waals surface area (Å²) in [6, 6.07) is 11.1. The number of nitrogens with zero attached hydrogens (tertiary/aromatic N) is 2. The minimum absolute atomic E-state index is 0.147. The van der Waals surface area contributed by atoms with Crippen LogP contribution in [0.5, 0.6) is 5.75 Å². The molecule has 6 nitrogen and oxygen atoms in total. The van der Waals surface area contributed by atoms with Gasteiger partial charge in [-0.15, -0.1) is 0 Å². The fourth-order valence-electron chi connectivity index (χ4n) is 2.48. The van der Waals surface area contributed by atoms with Crippen molar-refractivity contribution in [3.8, 4) is 5.75 Å². The van der Waals surface area contributed by atoms with Gasteiger partial charge < -0.3 is 19.2 Å². The van der Waals surface area contributed by atoms with E-state index in [-0.39, 0.29) is 5.91 Å². The van der Waals surface area contributed by atoms with E-state index in [0.29, 0.717) is 31.1 Å². The maximum absolute atomic E-state index is 12.1. The summed E-state index contributed by atoms with van der Waals surface area (Å²) >= 11 is 0. The molecule has 6 heteroatoms. The van der Waals surface area contributed by atoms with Crippen LogP contribution in [0, 0.1) is 6.92 Å². The minimum Gasteiger partial charge on any atom is -0.487 e. The van der Waals surface area contributed by atoms with Gasteiger partial charge in [-0.3, -0.25) is 4.79 Å². The lowest BCUT2D eigenvalue weighted by Gasteiger charge is -2.07. The van der Waals surface area contributed by atoms with Crippen molar-refractivity contribution in [2.75, 3.05) is 20.3 Å². The zero-order chi connectivity index (χ0) is 17.6. The van der Waals surface area contributed by atoms with Gasteiger partial charge in [0, 0.05) is 31.6 Å². The summed E-state index contributed by atoms with van der Waals surface area (Å²) in [5, 5.41) is 2.79. The van der Waals surface area contributed by atoms with Crippen molar-refractivity contribution in [3.05, 3.63) is 65.6 Å². The molecule has 1 amide bonds. The molecule has 1 N–H and O–H groups in total. The van der Waals surface area contributed by atoms with Gasteiger partial charge in [-0.1, -0.05) is 12.1 Å². The Morgan fingerprint density at radius 2 is 2.12 bits per heavy atom. The van der Waals surface area contributed by atoms with E-state index in [2.05, 4.69) is 10.3 Å². The highest BCUT2D eigenvalue weighted by Crippen LogP contribution is 2.16. The van der Waals surface area contributed by atoms with E-state index in [1.165, 1.54) is 5.56 Å². The number of benzene rings is 1. The average Bonchev–Trinajstić information content (AvgIpc) is 3.02. The number of aryl methyl sites for hydroxylation is 1. The minimum atomic E-state index is -0.147. The fraction of sp³-hybridized carbons (Fsp3) is 0.263. The lowest BCUT2D eigenvalue weighted by Crippen LogP contribution is -2.26. The first kappa shape index (κ1) is 17.0. The second-order valence-corrected chi connectivity index (χ2v) is 5.77. The molecule has 3 aromatic rings. The predicted octanol–water partition coefficient (Wildman–Crippen LogP) is 2.60. The van der Waals surface area contributed by atoms with Crippen LogP contribution in [0.15, 0.2) is 48.8 Å². The molecule has 1 aromatic carbocycles. The van der Waals surface area contributed by atoms with Crippen LogP contribution in [-0.4, -0.2) is 35.6 Å². The Kier molecular flexibility index (Phi) is 5.30. The van der Waals surface area contributed by atoms with Gasteiger partial charge in [-0.25, -0.2) is 4.98 Å². The summed E-state index contributed by atoms with van der Waals surface area (Å²) in [6.45, 7) is 3.34. The lowest BCUT2D eigenvalue weighted by atomic mass is 10.2. The largest absolute Gasteiger partial charge is 0.487 e. The van der Waals surface area contributed by atoms with Crippen LogP contribution in [0.3, 0.4) is 0 Å². The molecule has 0 aliphatic carbocycles. The summed E-state index contributed by atoms with van der Waals surface area (Å²) in [5.41, 5.74) is 3.44. The standard InChI is InChI=1S/C19H21N3O3/c1-14-6-7-18-21-16(12-22(18)11-14)13-25-17-5-3-4-15(10-17)19(23)20-8-9-24-2/h3-7,10-12H,8-9,13H2,1-2H3,(H,20,23). The van der Waals surface area contributed by atoms with E-state index in [1.54, 1.807) is 25.3 Å². The van der Waals surface area contributed by atoms with Gasteiger partial charge in [0.1, 0.15) is 18.0 Å². The van der Waals surface area contributed by atoms with E-state index in [4.69, 9.17) is 9.47 Å². The first-order chi connectivity index (χ1) is 12.2. The highest BCUT2D eigenvalue weighted by molar-refractivity contribution is 5.94. The Morgan fingerprint density at radius 1 is 1.24 bits per heavy atom. The van der Waals surface area contributed by atoms with Crippen LogP contribution in [0.4, 0.5) is 0 Å². The van der Waals surface area contributed by atoms with Gasteiger partial charge in [0.15, 0.2) is 0 Å². The number of pyridine rings is 1. The number of aromatic nitrogens is 2. The molecule has 0 aliphatic rings. The zero-order valence-electron chi connectivity index (χ0n) is 14.4. The Hall–Kier alpha value is -2.86. The third-order valence-corrected chi connectivity index (χ3v) is 3.72. The molecule has 25 heavy (non-hydrogen) atoms. The number of hydrogen-bond acceptors (Lipinski definition) is 4. The lowest BCUT2D eigenvalue weighted by molar-refractivity contribution is 0.0936. The summed E-state index contributed by atoms with van der Waals surface area (Å²) in [7, 11) is 1.60. The van der Waals surface area contributed by atoms with E-state index in [9.17, 15) is 4.79 Å².